The SMILES string of the molecule is O=C(O)CCn1nc(COc2ccc(Cl)cc2)n(-c2ccccc2)c1=S. The van der Waals surface area contributed by atoms with Crippen LogP contribution in [-0.2, 0) is 17.9 Å². The number of para-hydroxylation sites is 1. The van der Waals surface area contributed by atoms with Crippen molar-refractivity contribution in [3.05, 3.63) is 70.2 Å². The minimum absolute atomic E-state index is 0.0579. The van der Waals surface area contributed by atoms with Crippen molar-refractivity contribution in [3.63, 3.8) is 0 Å². The molecule has 0 bridgehead atoms. The number of carbonyl (C=O) groups is 1. The van der Waals surface area contributed by atoms with Gasteiger partial charge in [0.05, 0.1) is 13.0 Å². The molecule has 0 saturated carbocycles. The number of benzene rings is 2. The summed E-state index contributed by atoms with van der Waals surface area (Å²) >= 11 is 11.4. The van der Waals surface area contributed by atoms with Crippen LogP contribution >= 0.6 is 23.8 Å². The summed E-state index contributed by atoms with van der Waals surface area (Å²) in [6.45, 7) is 0.377. The van der Waals surface area contributed by atoms with Crippen molar-refractivity contribution in [2.45, 2.75) is 19.6 Å². The fourth-order valence-corrected chi connectivity index (χ4v) is 2.88. The van der Waals surface area contributed by atoms with E-state index in [1.54, 1.807) is 28.8 Å². The maximum absolute atomic E-state index is 10.9. The first-order valence-electron chi connectivity index (χ1n) is 7.89. The first kappa shape index (κ1) is 18.2. The number of aryl methyl sites for hydroxylation is 1. The Morgan fingerprint density at radius 3 is 2.50 bits per heavy atom. The molecule has 6 nitrogen and oxygen atoms in total. The Labute approximate surface area is 160 Å². The van der Waals surface area contributed by atoms with Gasteiger partial charge in [-0.2, -0.15) is 5.10 Å². The molecule has 3 aromatic rings. The number of nitrogens with zero attached hydrogens (tertiary/aromatic N) is 3. The lowest BCUT2D eigenvalue weighted by Crippen LogP contribution is -2.06. The van der Waals surface area contributed by atoms with Crippen LogP contribution in [0, 0.1) is 4.77 Å². The molecule has 0 saturated heterocycles. The predicted octanol–water partition coefficient (Wildman–Crippen LogP) is 4.11. The summed E-state index contributed by atoms with van der Waals surface area (Å²) in [6, 6.07) is 16.5. The summed E-state index contributed by atoms with van der Waals surface area (Å²) in [6.07, 6.45) is -0.0579. The summed E-state index contributed by atoms with van der Waals surface area (Å²) in [4.78, 5) is 10.9. The van der Waals surface area contributed by atoms with Gasteiger partial charge in [-0.15, -0.1) is 0 Å². The van der Waals surface area contributed by atoms with E-state index in [0.717, 1.165) is 5.69 Å². The van der Waals surface area contributed by atoms with E-state index in [4.69, 9.17) is 33.7 Å². The number of ether oxygens (including phenoxy) is 1. The molecule has 0 fully saturated rings. The largest absolute Gasteiger partial charge is 0.486 e. The first-order chi connectivity index (χ1) is 12.5. The number of halogens is 1. The summed E-state index contributed by atoms with van der Waals surface area (Å²) in [5.41, 5.74) is 0.841. The summed E-state index contributed by atoms with van der Waals surface area (Å²) in [5.74, 6) is 0.335. The van der Waals surface area contributed by atoms with Crippen molar-refractivity contribution in [1.82, 2.24) is 14.3 Å². The molecule has 0 spiro atoms. The van der Waals surface area contributed by atoms with Gasteiger partial charge in [0.1, 0.15) is 12.4 Å². The Balaban J connectivity index is 1.91. The lowest BCUT2D eigenvalue weighted by atomic mass is 10.3. The van der Waals surface area contributed by atoms with Gasteiger partial charge in [0, 0.05) is 10.7 Å². The van der Waals surface area contributed by atoms with E-state index in [1.165, 1.54) is 4.68 Å². The van der Waals surface area contributed by atoms with Gasteiger partial charge in [-0.25, -0.2) is 4.68 Å². The van der Waals surface area contributed by atoms with Gasteiger partial charge >= 0.3 is 5.97 Å². The summed E-state index contributed by atoms with van der Waals surface area (Å²) < 4.78 is 9.50. The topological polar surface area (TPSA) is 69.3 Å². The summed E-state index contributed by atoms with van der Waals surface area (Å²) in [5, 5.41) is 14.0. The van der Waals surface area contributed by atoms with Crippen molar-refractivity contribution >= 4 is 29.8 Å². The minimum Gasteiger partial charge on any atom is -0.486 e. The Morgan fingerprint density at radius 1 is 1.15 bits per heavy atom. The Morgan fingerprint density at radius 2 is 1.85 bits per heavy atom. The van der Waals surface area contributed by atoms with Gasteiger partial charge < -0.3 is 9.84 Å². The van der Waals surface area contributed by atoms with Gasteiger partial charge in [0.25, 0.3) is 0 Å². The van der Waals surface area contributed by atoms with Crippen LogP contribution in [0.4, 0.5) is 0 Å². The average molecular weight is 390 g/mol. The van der Waals surface area contributed by atoms with E-state index in [0.29, 0.717) is 21.4 Å². The standard InChI is InChI=1S/C18H16ClN3O3S/c19-13-6-8-15(9-7-13)25-12-16-20-21(11-10-17(23)24)18(26)22(16)14-4-2-1-3-5-14/h1-9H,10-12H2,(H,23,24). The molecule has 0 unspecified atom stereocenters. The van der Waals surface area contributed by atoms with Crippen LogP contribution in [-0.4, -0.2) is 25.4 Å². The molecule has 1 aromatic heterocycles. The highest BCUT2D eigenvalue weighted by molar-refractivity contribution is 7.71. The fourth-order valence-electron chi connectivity index (χ4n) is 2.41. The normalized spacial score (nSPS) is 10.7. The molecular formula is C18H16ClN3O3S. The Bertz CT molecular complexity index is 952. The first-order valence-corrected chi connectivity index (χ1v) is 8.67. The third-order valence-electron chi connectivity index (χ3n) is 3.64. The molecule has 8 heteroatoms. The molecule has 0 aliphatic carbocycles. The second kappa shape index (κ2) is 8.16. The van der Waals surface area contributed by atoms with E-state index in [1.807, 2.05) is 30.3 Å². The molecular weight excluding hydrogens is 374 g/mol. The molecule has 26 heavy (non-hydrogen) atoms. The molecule has 0 atom stereocenters. The minimum atomic E-state index is -0.903. The van der Waals surface area contributed by atoms with Crippen molar-refractivity contribution in [2.75, 3.05) is 0 Å². The molecule has 0 aliphatic rings. The quantitative estimate of drug-likeness (QED) is 0.616. The number of aromatic nitrogens is 3. The van der Waals surface area contributed by atoms with Crippen LogP contribution < -0.4 is 4.74 Å². The fraction of sp³-hybridized carbons (Fsp3) is 0.167. The Kier molecular flexibility index (Phi) is 5.70. The van der Waals surface area contributed by atoms with Crippen molar-refractivity contribution < 1.29 is 14.6 Å². The highest BCUT2D eigenvalue weighted by Gasteiger charge is 2.14. The predicted molar refractivity (Wildman–Crippen MR) is 100 cm³/mol. The number of hydrogen-bond acceptors (Lipinski definition) is 4. The number of carboxylic acids is 1. The van der Waals surface area contributed by atoms with E-state index in [9.17, 15) is 4.79 Å². The second-order valence-corrected chi connectivity index (χ2v) is 6.28. The van der Waals surface area contributed by atoms with Crippen LogP contribution in [0.1, 0.15) is 12.2 Å². The maximum Gasteiger partial charge on any atom is 0.305 e. The van der Waals surface area contributed by atoms with E-state index in [-0.39, 0.29) is 19.6 Å². The molecule has 134 valence electrons. The molecule has 0 amide bonds. The molecule has 2 aromatic carbocycles. The van der Waals surface area contributed by atoms with Gasteiger partial charge in [0.15, 0.2) is 5.82 Å². The number of carboxylic acid groups (broad SMARTS) is 1. The van der Waals surface area contributed by atoms with E-state index >= 15 is 0 Å². The lowest BCUT2D eigenvalue weighted by molar-refractivity contribution is -0.137. The maximum atomic E-state index is 10.9. The number of aliphatic carboxylic acids is 1. The van der Waals surface area contributed by atoms with Crippen molar-refractivity contribution in [2.24, 2.45) is 0 Å². The van der Waals surface area contributed by atoms with Gasteiger partial charge in [-0.05, 0) is 48.6 Å². The molecule has 0 aliphatic heterocycles. The van der Waals surface area contributed by atoms with Gasteiger partial charge in [0.2, 0.25) is 4.77 Å². The molecule has 0 radical (unpaired) electrons. The average Bonchev–Trinajstić information content (AvgIpc) is 2.96. The van der Waals surface area contributed by atoms with Crippen molar-refractivity contribution in [3.8, 4) is 11.4 Å². The number of hydrogen-bond donors (Lipinski definition) is 1. The van der Waals surface area contributed by atoms with Crippen LogP contribution in [0.15, 0.2) is 54.6 Å². The molecule has 1 heterocycles. The smallest absolute Gasteiger partial charge is 0.305 e. The van der Waals surface area contributed by atoms with Gasteiger partial charge in [-0.1, -0.05) is 29.8 Å². The Hall–Kier alpha value is -2.64. The third-order valence-corrected chi connectivity index (χ3v) is 4.29. The van der Waals surface area contributed by atoms with E-state index in [2.05, 4.69) is 5.10 Å². The second-order valence-electron chi connectivity index (χ2n) is 5.48. The van der Waals surface area contributed by atoms with Crippen molar-refractivity contribution in [1.29, 1.82) is 0 Å². The van der Waals surface area contributed by atoms with E-state index < -0.39 is 5.97 Å². The summed E-state index contributed by atoms with van der Waals surface area (Å²) in [7, 11) is 0. The zero-order chi connectivity index (χ0) is 18.5. The lowest BCUT2D eigenvalue weighted by Gasteiger charge is -2.08. The zero-order valence-corrected chi connectivity index (χ0v) is 15.3. The van der Waals surface area contributed by atoms with Crippen LogP contribution in [0.25, 0.3) is 5.69 Å². The zero-order valence-electron chi connectivity index (χ0n) is 13.7. The number of rotatable bonds is 7. The van der Waals surface area contributed by atoms with Gasteiger partial charge in [-0.3, -0.25) is 9.36 Å². The van der Waals surface area contributed by atoms with Crippen LogP contribution in [0.5, 0.6) is 5.75 Å². The van der Waals surface area contributed by atoms with Crippen LogP contribution in [0.2, 0.25) is 5.02 Å². The third kappa shape index (κ3) is 4.30. The highest BCUT2D eigenvalue weighted by atomic mass is 35.5. The van der Waals surface area contributed by atoms with Crippen LogP contribution in [0.3, 0.4) is 0 Å². The molecule has 1 N–H and O–H groups in total. The molecule has 3 rings (SSSR count). The highest BCUT2D eigenvalue weighted by Crippen LogP contribution is 2.18. The monoisotopic (exact) mass is 389 g/mol.